The zero-order chi connectivity index (χ0) is 11.1. The van der Waals surface area contributed by atoms with Gasteiger partial charge in [0.15, 0.2) is 0 Å². The van der Waals surface area contributed by atoms with Crippen LogP contribution in [0, 0.1) is 0 Å². The first-order valence-electron chi connectivity index (χ1n) is 5.01. The third kappa shape index (κ3) is 4.08. The van der Waals surface area contributed by atoms with Gasteiger partial charge in [-0.25, -0.2) is 0 Å². The van der Waals surface area contributed by atoms with Crippen molar-refractivity contribution in [3.05, 3.63) is 28.8 Å². The van der Waals surface area contributed by atoms with Crippen molar-refractivity contribution in [2.24, 2.45) is 5.73 Å². The summed E-state index contributed by atoms with van der Waals surface area (Å²) < 4.78 is 5.25. The Kier molecular flexibility index (Phi) is 5.47. The lowest BCUT2D eigenvalue weighted by Crippen LogP contribution is -2.24. The summed E-state index contributed by atoms with van der Waals surface area (Å²) in [6.45, 7) is 2.38. The standard InChI is InChI=1S/C11H17ClN2O/c1-15-11-3-2-10(12)8-9(11)4-6-14-7-5-13/h2-3,8,14H,4-7,13H2,1H3. The second kappa shape index (κ2) is 6.67. The van der Waals surface area contributed by atoms with Crippen LogP contribution in [-0.4, -0.2) is 26.7 Å². The maximum absolute atomic E-state index is 5.92. The Morgan fingerprint density at radius 1 is 1.40 bits per heavy atom. The predicted octanol–water partition coefficient (Wildman–Crippen LogP) is 1.44. The van der Waals surface area contributed by atoms with E-state index in [1.165, 1.54) is 0 Å². The van der Waals surface area contributed by atoms with E-state index in [-0.39, 0.29) is 0 Å². The highest BCUT2D eigenvalue weighted by molar-refractivity contribution is 6.30. The fourth-order valence-electron chi connectivity index (χ4n) is 1.39. The number of hydrogen-bond acceptors (Lipinski definition) is 3. The van der Waals surface area contributed by atoms with Crippen LogP contribution in [0.25, 0.3) is 0 Å². The van der Waals surface area contributed by atoms with Crippen molar-refractivity contribution >= 4 is 11.6 Å². The van der Waals surface area contributed by atoms with E-state index in [0.717, 1.165) is 35.8 Å². The Labute approximate surface area is 95.6 Å². The lowest BCUT2D eigenvalue weighted by molar-refractivity contribution is 0.409. The van der Waals surface area contributed by atoms with E-state index in [9.17, 15) is 0 Å². The van der Waals surface area contributed by atoms with Gasteiger partial charge in [-0.3, -0.25) is 0 Å². The van der Waals surface area contributed by atoms with Gasteiger partial charge in [-0.05, 0) is 36.7 Å². The minimum absolute atomic E-state index is 0.659. The number of benzene rings is 1. The van der Waals surface area contributed by atoms with Crippen LogP contribution in [0.15, 0.2) is 18.2 Å². The Balaban J connectivity index is 2.54. The maximum atomic E-state index is 5.92. The number of rotatable bonds is 6. The van der Waals surface area contributed by atoms with Crippen molar-refractivity contribution in [2.45, 2.75) is 6.42 Å². The van der Waals surface area contributed by atoms with Gasteiger partial charge in [0.2, 0.25) is 0 Å². The lowest BCUT2D eigenvalue weighted by atomic mass is 10.1. The summed E-state index contributed by atoms with van der Waals surface area (Å²) in [4.78, 5) is 0. The van der Waals surface area contributed by atoms with Crippen molar-refractivity contribution < 1.29 is 4.74 Å². The Morgan fingerprint density at radius 2 is 2.20 bits per heavy atom. The van der Waals surface area contributed by atoms with Gasteiger partial charge in [0.1, 0.15) is 5.75 Å². The second-order valence-electron chi connectivity index (χ2n) is 3.24. The van der Waals surface area contributed by atoms with Crippen LogP contribution in [0.3, 0.4) is 0 Å². The third-order valence-electron chi connectivity index (χ3n) is 2.13. The average molecular weight is 229 g/mol. The van der Waals surface area contributed by atoms with Crippen molar-refractivity contribution in [3.8, 4) is 5.75 Å². The molecule has 0 bridgehead atoms. The van der Waals surface area contributed by atoms with Gasteiger partial charge in [0.25, 0.3) is 0 Å². The molecule has 1 aromatic rings. The monoisotopic (exact) mass is 228 g/mol. The van der Waals surface area contributed by atoms with Gasteiger partial charge < -0.3 is 15.8 Å². The number of nitrogens with two attached hydrogens (primary N) is 1. The van der Waals surface area contributed by atoms with E-state index in [4.69, 9.17) is 22.1 Å². The van der Waals surface area contributed by atoms with Crippen LogP contribution >= 0.6 is 11.6 Å². The van der Waals surface area contributed by atoms with Crippen molar-refractivity contribution in [1.82, 2.24) is 5.32 Å². The summed E-state index contributed by atoms with van der Waals surface area (Å²) in [5, 5.41) is 3.97. The smallest absolute Gasteiger partial charge is 0.122 e. The normalized spacial score (nSPS) is 10.3. The maximum Gasteiger partial charge on any atom is 0.122 e. The van der Waals surface area contributed by atoms with Gasteiger partial charge in [0, 0.05) is 18.1 Å². The molecule has 0 heterocycles. The van der Waals surface area contributed by atoms with Crippen LogP contribution in [0.5, 0.6) is 5.75 Å². The van der Waals surface area contributed by atoms with Crippen LogP contribution in [0.4, 0.5) is 0 Å². The molecule has 0 unspecified atom stereocenters. The molecule has 4 heteroatoms. The Bertz CT molecular complexity index is 305. The highest BCUT2D eigenvalue weighted by Crippen LogP contribution is 2.22. The number of nitrogens with one attached hydrogen (secondary N) is 1. The molecule has 3 nitrogen and oxygen atoms in total. The zero-order valence-electron chi connectivity index (χ0n) is 8.92. The molecule has 0 radical (unpaired) electrons. The molecule has 0 aliphatic rings. The third-order valence-corrected chi connectivity index (χ3v) is 2.37. The summed E-state index contributed by atoms with van der Waals surface area (Å²) in [6.07, 6.45) is 0.893. The molecule has 0 spiro atoms. The van der Waals surface area contributed by atoms with Crippen molar-refractivity contribution in [1.29, 1.82) is 0 Å². The minimum Gasteiger partial charge on any atom is -0.496 e. The lowest BCUT2D eigenvalue weighted by Gasteiger charge is -2.09. The summed E-state index contributed by atoms with van der Waals surface area (Å²) in [5.41, 5.74) is 6.50. The molecule has 0 atom stereocenters. The molecule has 0 amide bonds. The van der Waals surface area contributed by atoms with Gasteiger partial charge >= 0.3 is 0 Å². The van der Waals surface area contributed by atoms with E-state index in [0.29, 0.717) is 6.54 Å². The van der Waals surface area contributed by atoms with E-state index in [1.807, 2.05) is 18.2 Å². The zero-order valence-corrected chi connectivity index (χ0v) is 9.68. The van der Waals surface area contributed by atoms with Crippen LogP contribution in [-0.2, 0) is 6.42 Å². The number of hydrogen-bond donors (Lipinski definition) is 2. The van der Waals surface area contributed by atoms with Crippen molar-refractivity contribution in [2.75, 3.05) is 26.7 Å². The molecule has 15 heavy (non-hydrogen) atoms. The van der Waals surface area contributed by atoms with Gasteiger partial charge in [-0.1, -0.05) is 11.6 Å². The first kappa shape index (κ1) is 12.3. The summed E-state index contributed by atoms with van der Waals surface area (Å²) in [7, 11) is 1.67. The topological polar surface area (TPSA) is 47.3 Å². The van der Waals surface area contributed by atoms with E-state index >= 15 is 0 Å². The predicted molar refractivity (Wildman–Crippen MR) is 63.6 cm³/mol. The van der Waals surface area contributed by atoms with Gasteiger partial charge in [0.05, 0.1) is 7.11 Å². The Hall–Kier alpha value is -0.770. The molecule has 0 saturated carbocycles. The average Bonchev–Trinajstić information content (AvgIpc) is 2.25. The number of ether oxygens (including phenoxy) is 1. The molecule has 84 valence electrons. The van der Waals surface area contributed by atoms with Crippen molar-refractivity contribution in [3.63, 3.8) is 0 Å². The molecule has 0 aromatic heterocycles. The van der Waals surface area contributed by atoms with Crippen LogP contribution in [0.2, 0.25) is 5.02 Å². The molecular weight excluding hydrogens is 212 g/mol. The Morgan fingerprint density at radius 3 is 2.87 bits per heavy atom. The highest BCUT2D eigenvalue weighted by atomic mass is 35.5. The minimum atomic E-state index is 0.659. The second-order valence-corrected chi connectivity index (χ2v) is 3.68. The molecule has 0 aliphatic heterocycles. The summed E-state index contributed by atoms with van der Waals surface area (Å²) >= 11 is 5.92. The van der Waals surface area contributed by atoms with E-state index in [1.54, 1.807) is 7.11 Å². The van der Waals surface area contributed by atoms with E-state index < -0.39 is 0 Å². The molecular formula is C11H17ClN2O. The SMILES string of the molecule is COc1ccc(Cl)cc1CCNCCN. The summed E-state index contributed by atoms with van der Waals surface area (Å²) in [5.74, 6) is 0.883. The molecule has 0 fully saturated rings. The van der Waals surface area contributed by atoms with E-state index in [2.05, 4.69) is 5.32 Å². The fourth-order valence-corrected chi connectivity index (χ4v) is 1.59. The quantitative estimate of drug-likeness (QED) is 0.725. The molecule has 0 saturated heterocycles. The largest absolute Gasteiger partial charge is 0.496 e. The van der Waals surface area contributed by atoms with Gasteiger partial charge in [-0.2, -0.15) is 0 Å². The number of halogens is 1. The first-order chi connectivity index (χ1) is 7.27. The highest BCUT2D eigenvalue weighted by Gasteiger charge is 2.02. The summed E-state index contributed by atoms with van der Waals surface area (Å²) in [6, 6.07) is 5.66. The van der Waals surface area contributed by atoms with Crippen LogP contribution < -0.4 is 15.8 Å². The number of methoxy groups -OCH3 is 1. The fraction of sp³-hybridized carbons (Fsp3) is 0.455. The van der Waals surface area contributed by atoms with Crippen LogP contribution in [0.1, 0.15) is 5.56 Å². The molecule has 3 N–H and O–H groups in total. The molecule has 0 aliphatic carbocycles. The van der Waals surface area contributed by atoms with Gasteiger partial charge in [-0.15, -0.1) is 0 Å². The molecule has 1 aromatic carbocycles. The molecule has 1 rings (SSSR count). The first-order valence-corrected chi connectivity index (χ1v) is 5.39.